The molecular weight excluding hydrogens is 267 g/mol. The molecule has 0 atom stereocenters. The summed E-state index contributed by atoms with van der Waals surface area (Å²) in [5, 5.41) is 12.2. The molecule has 1 heterocycles. The lowest BCUT2D eigenvalue weighted by molar-refractivity contribution is 0.0690. The highest BCUT2D eigenvalue weighted by Gasteiger charge is 2.10. The molecule has 0 bridgehead atoms. The zero-order chi connectivity index (χ0) is 12.4. The predicted molar refractivity (Wildman–Crippen MR) is 63.2 cm³/mol. The van der Waals surface area contributed by atoms with Gasteiger partial charge in [0, 0.05) is 5.69 Å². The number of oxazole rings is 1. The number of halogens is 2. The maximum Gasteiger partial charge on any atom is 0.357 e. The molecule has 2 N–H and O–H groups in total. The van der Waals surface area contributed by atoms with E-state index in [-0.39, 0.29) is 11.7 Å². The van der Waals surface area contributed by atoms with E-state index in [1.54, 1.807) is 18.2 Å². The summed E-state index contributed by atoms with van der Waals surface area (Å²) in [4.78, 5) is 14.3. The lowest BCUT2D eigenvalue weighted by atomic mass is 10.3. The molecule has 0 amide bonds. The molecule has 0 saturated heterocycles. The van der Waals surface area contributed by atoms with E-state index in [0.29, 0.717) is 15.7 Å². The van der Waals surface area contributed by atoms with Gasteiger partial charge in [-0.1, -0.05) is 23.2 Å². The van der Waals surface area contributed by atoms with E-state index >= 15 is 0 Å². The molecule has 0 unspecified atom stereocenters. The summed E-state index contributed by atoms with van der Waals surface area (Å²) in [6.07, 6.45) is 1.04. The van der Waals surface area contributed by atoms with Gasteiger partial charge in [-0.15, -0.1) is 0 Å². The molecule has 0 radical (unpaired) electrons. The second-order valence-corrected chi connectivity index (χ2v) is 3.91. The van der Waals surface area contributed by atoms with E-state index in [1.807, 2.05) is 0 Å². The van der Waals surface area contributed by atoms with E-state index < -0.39 is 5.97 Å². The van der Waals surface area contributed by atoms with Crippen molar-refractivity contribution < 1.29 is 14.3 Å². The Morgan fingerprint density at radius 3 is 2.71 bits per heavy atom. The third-order valence-electron chi connectivity index (χ3n) is 1.89. The monoisotopic (exact) mass is 272 g/mol. The third kappa shape index (κ3) is 2.69. The van der Waals surface area contributed by atoms with Crippen LogP contribution in [0, 0.1) is 0 Å². The molecule has 1 aromatic heterocycles. The Balaban J connectivity index is 2.19. The fourth-order valence-corrected chi connectivity index (χ4v) is 1.42. The van der Waals surface area contributed by atoms with Gasteiger partial charge in [-0.25, -0.2) is 4.79 Å². The molecular formula is C10H6Cl2N2O3. The summed E-state index contributed by atoms with van der Waals surface area (Å²) >= 11 is 11.6. The van der Waals surface area contributed by atoms with Crippen molar-refractivity contribution in [2.75, 3.05) is 5.32 Å². The quantitative estimate of drug-likeness (QED) is 0.896. The number of aromatic nitrogens is 1. The van der Waals surface area contributed by atoms with Gasteiger partial charge >= 0.3 is 5.97 Å². The number of anilines is 2. The van der Waals surface area contributed by atoms with E-state index in [9.17, 15) is 4.79 Å². The molecule has 17 heavy (non-hydrogen) atoms. The van der Waals surface area contributed by atoms with Crippen molar-refractivity contribution in [2.45, 2.75) is 0 Å². The smallest absolute Gasteiger partial charge is 0.357 e. The summed E-state index contributed by atoms with van der Waals surface area (Å²) in [6, 6.07) is 4.92. The van der Waals surface area contributed by atoms with Crippen molar-refractivity contribution in [3.8, 4) is 0 Å². The van der Waals surface area contributed by atoms with E-state index in [0.717, 1.165) is 6.26 Å². The Hall–Kier alpha value is -1.72. The number of nitrogens with zero attached hydrogens (tertiary/aromatic N) is 1. The number of hydrogen-bond acceptors (Lipinski definition) is 4. The molecule has 0 saturated carbocycles. The second kappa shape index (κ2) is 4.65. The molecule has 2 rings (SSSR count). The normalized spacial score (nSPS) is 10.2. The molecule has 88 valence electrons. The first kappa shape index (κ1) is 11.8. The number of hydrogen-bond donors (Lipinski definition) is 2. The van der Waals surface area contributed by atoms with Crippen molar-refractivity contribution in [1.82, 2.24) is 4.98 Å². The lowest BCUT2D eigenvalue weighted by Gasteiger charge is -2.02. The van der Waals surface area contributed by atoms with Gasteiger partial charge in [0.1, 0.15) is 6.26 Å². The zero-order valence-electron chi connectivity index (χ0n) is 8.28. The van der Waals surface area contributed by atoms with Crippen LogP contribution in [0.1, 0.15) is 10.5 Å². The molecule has 5 nitrogen and oxygen atoms in total. The van der Waals surface area contributed by atoms with Crippen LogP contribution in [-0.2, 0) is 0 Å². The van der Waals surface area contributed by atoms with Crippen LogP contribution in [-0.4, -0.2) is 16.1 Å². The van der Waals surface area contributed by atoms with Crippen molar-refractivity contribution in [2.24, 2.45) is 0 Å². The van der Waals surface area contributed by atoms with Crippen molar-refractivity contribution in [3.05, 3.63) is 40.2 Å². The van der Waals surface area contributed by atoms with Gasteiger partial charge in [0.05, 0.1) is 10.0 Å². The highest BCUT2D eigenvalue weighted by atomic mass is 35.5. The number of aromatic carboxylic acids is 1. The largest absolute Gasteiger partial charge is 0.476 e. The molecule has 0 spiro atoms. The Labute approximate surface area is 106 Å². The van der Waals surface area contributed by atoms with Gasteiger partial charge in [-0.2, -0.15) is 4.98 Å². The fraction of sp³-hybridized carbons (Fsp3) is 0. The van der Waals surface area contributed by atoms with Crippen LogP contribution in [0.4, 0.5) is 11.7 Å². The number of carboxylic acid groups (broad SMARTS) is 1. The molecule has 7 heteroatoms. The average Bonchev–Trinajstić information content (AvgIpc) is 2.72. The van der Waals surface area contributed by atoms with Crippen LogP contribution in [0.2, 0.25) is 10.0 Å². The van der Waals surface area contributed by atoms with Crippen LogP contribution in [0.3, 0.4) is 0 Å². The van der Waals surface area contributed by atoms with Crippen LogP contribution in [0.25, 0.3) is 0 Å². The average molecular weight is 273 g/mol. The highest BCUT2D eigenvalue weighted by Crippen LogP contribution is 2.26. The topological polar surface area (TPSA) is 75.4 Å². The maximum atomic E-state index is 10.6. The fourth-order valence-electron chi connectivity index (χ4n) is 1.13. The molecule has 1 aromatic carbocycles. The van der Waals surface area contributed by atoms with Gasteiger partial charge < -0.3 is 14.8 Å². The molecule has 0 aliphatic rings. The minimum Gasteiger partial charge on any atom is -0.476 e. The Kier molecular flexibility index (Phi) is 3.21. The summed E-state index contributed by atoms with van der Waals surface area (Å²) in [6.45, 7) is 0. The standard InChI is InChI=1S/C10H6Cl2N2O3/c11-6-2-1-5(3-7(6)12)13-10-14-8(4-17-10)9(15)16/h1-4H,(H,13,14)(H,15,16). The molecule has 0 aliphatic carbocycles. The minimum absolute atomic E-state index is 0.0702. The van der Waals surface area contributed by atoms with Crippen LogP contribution >= 0.6 is 23.2 Å². The number of benzene rings is 1. The third-order valence-corrected chi connectivity index (χ3v) is 2.63. The van der Waals surface area contributed by atoms with Gasteiger partial charge in [0.15, 0.2) is 5.69 Å². The summed E-state index contributed by atoms with van der Waals surface area (Å²) in [5.41, 5.74) is 0.422. The number of nitrogens with one attached hydrogen (secondary N) is 1. The zero-order valence-corrected chi connectivity index (χ0v) is 9.79. The molecule has 0 aliphatic heterocycles. The predicted octanol–water partition coefficient (Wildman–Crippen LogP) is 3.42. The van der Waals surface area contributed by atoms with E-state index in [1.165, 1.54) is 0 Å². The van der Waals surface area contributed by atoms with Crippen LogP contribution in [0.5, 0.6) is 0 Å². The van der Waals surface area contributed by atoms with Crippen molar-refractivity contribution >= 4 is 40.9 Å². The van der Waals surface area contributed by atoms with Crippen LogP contribution in [0.15, 0.2) is 28.9 Å². The van der Waals surface area contributed by atoms with Crippen LogP contribution < -0.4 is 5.32 Å². The highest BCUT2D eigenvalue weighted by molar-refractivity contribution is 6.42. The SMILES string of the molecule is O=C(O)c1coc(Nc2ccc(Cl)c(Cl)c2)n1. The Morgan fingerprint density at radius 2 is 2.12 bits per heavy atom. The van der Waals surface area contributed by atoms with Gasteiger partial charge in [0.2, 0.25) is 0 Å². The first-order valence-corrected chi connectivity index (χ1v) is 5.23. The van der Waals surface area contributed by atoms with E-state index in [2.05, 4.69) is 10.3 Å². The number of carboxylic acids is 1. The first-order valence-electron chi connectivity index (χ1n) is 4.47. The van der Waals surface area contributed by atoms with Gasteiger partial charge in [-0.3, -0.25) is 0 Å². The van der Waals surface area contributed by atoms with Crippen molar-refractivity contribution in [1.29, 1.82) is 0 Å². The van der Waals surface area contributed by atoms with E-state index in [4.69, 9.17) is 32.7 Å². The van der Waals surface area contributed by atoms with Gasteiger partial charge in [-0.05, 0) is 18.2 Å². The minimum atomic E-state index is -1.16. The summed E-state index contributed by atoms with van der Waals surface area (Å²) in [7, 11) is 0. The Morgan fingerprint density at radius 1 is 1.35 bits per heavy atom. The molecule has 2 aromatic rings. The van der Waals surface area contributed by atoms with Gasteiger partial charge in [0.25, 0.3) is 6.01 Å². The first-order chi connectivity index (χ1) is 8.06. The van der Waals surface area contributed by atoms with Crippen molar-refractivity contribution in [3.63, 3.8) is 0 Å². The summed E-state index contributed by atoms with van der Waals surface area (Å²) < 4.78 is 4.92. The Bertz CT molecular complexity index is 568. The lowest BCUT2D eigenvalue weighted by Crippen LogP contribution is -1.97. The second-order valence-electron chi connectivity index (χ2n) is 3.10. The maximum absolute atomic E-state index is 10.6. The summed E-state index contributed by atoms with van der Waals surface area (Å²) in [5.74, 6) is -1.16. The number of rotatable bonds is 3. The number of carbonyl (C=O) groups is 1. The molecule has 0 fully saturated rings.